The predicted molar refractivity (Wildman–Crippen MR) is 118 cm³/mol. The van der Waals surface area contributed by atoms with E-state index in [1.54, 1.807) is 13.0 Å². The van der Waals surface area contributed by atoms with Crippen molar-refractivity contribution in [1.82, 2.24) is 0 Å². The highest BCUT2D eigenvalue weighted by molar-refractivity contribution is 6.04. The van der Waals surface area contributed by atoms with Crippen molar-refractivity contribution in [1.29, 1.82) is 0 Å². The van der Waals surface area contributed by atoms with Gasteiger partial charge in [0.1, 0.15) is 0 Å². The van der Waals surface area contributed by atoms with Crippen molar-refractivity contribution in [2.45, 2.75) is 52.9 Å². The van der Waals surface area contributed by atoms with Crippen molar-refractivity contribution < 1.29 is 15.0 Å². The Morgan fingerprint density at radius 3 is 2.21 bits per heavy atom. The quantitative estimate of drug-likeness (QED) is 0.528. The fourth-order valence-electron chi connectivity index (χ4n) is 2.72. The molecule has 2 aromatic carbocycles. The molecular weight excluding hydrogens is 354 g/mol. The summed E-state index contributed by atoms with van der Waals surface area (Å²) in [5.74, 6) is 0.246. The maximum atomic E-state index is 11.5. The maximum absolute atomic E-state index is 11.5. The molecule has 0 spiro atoms. The lowest BCUT2D eigenvalue weighted by molar-refractivity contribution is -0.115. The number of carbonyl (C=O) groups excluding carboxylic acids is 1. The van der Waals surface area contributed by atoms with Gasteiger partial charge in [0.05, 0.1) is 0 Å². The largest absolute Gasteiger partial charge is 0.294 e. The molecule has 3 rings (SSSR count). The summed E-state index contributed by atoms with van der Waals surface area (Å²) in [6, 6.07) is 16.4. The second kappa shape index (κ2) is 12.0. The fraction of sp³-hybridized carbons (Fsp3) is 0.320. The third-order valence-electron chi connectivity index (χ3n) is 4.46. The van der Waals surface area contributed by atoms with E-state index in [0.717, 1.165) is 11.1 Å². The van der Waals surface area contributed by atoms with E-state index < -0.39 is 6.43 Å². The highest BCUT2D eigenvalue weighted by atomic mass is 19.3. The number of alkyl halides is 2. The molecule has 1 aliphatic rings. The van der Waals surface area contributed by atoms with Gasteiger partial charge in [-0.1, -0.05) is 87.0 Å². The number of allylic oxidation sites excluding steroid dienone is 2. The minimum Gasteiger partial charge on any atom is -0.294 e. The SMILES string of the molecule is C=Cc1ccc(C)cc1.CC1=CC(=O)C(C)c2ccccc21.CCCC(F)F.[HH]. The second-order valence-corrected chi connectivity index (χ2v) is 6.83. The van der Waals surface area contributed by atoms with Gasteiger partial charge in [-0.15, -0.1) is 0 Å². The third-order valence-corrected chi connectivity index (χ3v) is 4.46. The van der Waals surface area contributed by atoms with Gasteiger partial charge in [-0.25, -0.2) is 8.78 Å². The number of aryl methyl sites for hydroxylation is 1. The zero-order valence-corrected chi connectivity index (χ0v) is 17.2. The zero-order valence-electron chi connectivity index (χ0n) is 17.2. The van der Waals surface area contributed by atoms with Crippen LogP contribution in [0.15, 0.2) is 61.2 Å². The fourth-order valence-corrected chi connectivity index (χ4v) is 2.72. The number of benzene rings is 2. The number of hydrogen-bond donors (Lipinski definition) is 0. The number of hydrogen-bond acceptors (Lipinski definition) is 1. The summed E-state index contributed by atoms with van der Waals surface area (Å²) in [5.41, 5.74) is 5.93. The van der Waals surface area contributed by atoms with Crippen LogP contribution in [0, 0.1) is 6.92 Å². The normalized spacial score (nSPS) is 14.8. The number of halogens is 2. The lowest BCUT2D eigenvalue weighted by atomic mass is 9.84. The molecule has 3 heteroatoms. The van der Waals surface area contributed by atoms with Crippen molar-refractivity contribution in [3.8, 4) is 0 Å². The van der Waals surface area contributed by atoms with Crippen LogP contribution >= 0.6 is 0 Å². The summed E-state index contributed by atoms with van der Waals surface area (Å²) in [6.07, 6.45) is 2.11. The van der Waals surface area contributed by atoms with Gasteiger partial charge in [0.15, 0.2) is 5.78 Å². The number of fused-ring (bicyclic) bond motifs is 1. The summed E-state index contributed by atoms with van der Waals surface area (Å²) in [4.78, 5) is 11.5. The van der Waals surface area contributed by atoms with Gasteiger partial charge in [-0.3, -0.25) is 4.79 Å². The Morgan fingerprint density at radius 1 is 1.11 bits per heavy atom. The molecule has 0 radical (unpaired) electrons. The summed E-state index contributed by atoms with van der Waals surface area (Å²) < 4.78 is 22.1. The smallest absolute Gasteiger partial charge is 0.238 e. The van der Waals surface area contributed by atoms with Gasteiger partial charge in [0.25, 0.3) is 0 Å². The molecule has 0 saturated heterocycles. The minimum absolute atomic E-state index is 0. The van der Waals surface area contributed by atoms with Crippen molar-refractivity contribution >= 4 is 17.4 Å². The topological polar surface area (TPSA) is 17.1 Å². The number of ketones is 1. The molecule has 0 fully saturated rings. The van der Waals surface area contributed by atoms with Gasteiger partial charge in [0, 0.05) is 13.8 Å². The van der Waals surface area contributed by atoms with E-state index >= 15 is 0 Å². The molecule has 0 N–H and O–H groups in total. The van der Waals surface area contributed by atoms with E-state index in [-0.39, 0.29) is 19.5 Å². The molecule has 0 heterocycles. The van der Waals surface area contributed by atoms with Crippen LogP contribution in [0.1, 0.15) is 63.2 Å². The average molecular weight is 387 g/mol. The molecule has 1 nitrogen and oxygen atoms in total. The van der Waals surface area contributed by atoms with Crippen LogP contribution in [0.3, 0.4) is 0 Å². The molecule has 0 amide bonds. The molecule has 1 aliphatic carbocycles. The van der Waals surface area contributed by atoms with Gasteiger partial charge < -0.3 is 0 Å². The van der Waals surface area contributed by atoms with Crippen LogP contribution in [0.5, 0.6) is 0 Å². The van der Waals surface area contributed by atoms with E-state index in [9.17, 15) is 13.6 Å². The molecule has 2 aromatic rings. The monoisotopic (exact) mass is 386 g/mol. The Bertz CT molecular complexity index is 795. The van der Waals surface area contributed by atoms with E-state index in [1.807, 2.05) is 38.1 Å². The van der Waals surface area contributed by atoms with E-state index in [4.69, 9.17) is 0 Å². The first-order valence-electron chi connectivity index (χ1n) is 9.58. The van der Waals surface area contributed by atoms with E-state index in [0.29, 0.717) is 6.42 Å². The van der Waals surface area contributed by atoms with Crippen molar-refractivity contribution in [2.24, 2.45) is 0 Å². The molecule has 0 aliphatic heterocycles. The molecular formula is C25H32F2O. The predicted octanol–water partition coefficient (Wildman–Crippen LogP) is 7.71. The Kier molecular flexibility index (Phi) is 10.1. The molecule has 0 aromatic heterocycles. The lowest BCUT2D eigenvalue weighted by Gasteiger charge is -2.19. The molecule has 152 valence electrons. The summed E-state index contributed by atoms with van der Waals surface area (Å²) >= 11 is 0. The molecule has 1 unspecified atom stereocenters. The molecule has 1 atom stereocenters. The summed E-state index contributed by atoms with van der Waals surface area (Å²) in [5, 5.41) is 0. The lowest BCUT2D eigenvalue weighted by Crippen LogP contribution is -2.13. The third kappa shape index (κ3) is 7.59. The summed E-state index contributed by atoms with van der Waals surface area (Å²) in [7, 11) is 0. The first kappa shape index (κ1) is 23.5. The Labute approximate surface area is 169 Å². The van der Waals surface area contributed by atoms with Gasteiger partial charge in [0.2, 0.25) is 6.43 Å². The van der Waals surface area contributed by atoms with Gasteiger partial charge in [-0.2, -0.15) is 0 Å². The van der Waals surface area contributed by atoms with Crippen LogP contribution in [-0.4, -0.2) is 12.2 Å². The first-order chi connectivity index (χ1) is 13.3. The highest BCUT2D eigenvalue weighted by Crippen LogP contribution is 2.31. The zero-order chi connectivity index (χ0) is 21.1. The van der Waals surface area contributed by atoms with Crippen LogP contribution < -0.4 is 0 Å². The Balaban J connectivity index is 0.000000432. The number of rotatable bonds is 3. The summed E-state index contributed by atoms with van der Waals surface area (Å²) in [6.45, 7) is 11.4. The second-order valence-electron chi connectivity index (χ2n) is 6.83. The van der Waals surface area contributed by atoms with Crippen LogP contribution in [-0.2, 0) is 4.79 Å². The molecule has 0 saturated carbocycles. The van der Waals surface area contributed by atoms with Gasteiger partial charge >= 0.3 is 0 Å². The Hall–Kier alpha value is -2.55. The van der Waals surface area contributed by atoms with E-state index in [1.165, 1.54) is 16.7 Å². The first-order valence-corrected chi connectivity index (χ1v) is 9.58. The average Bonchev–Trinajstić information content (AvgIpc) is 2.68. The van der Waals surface area contributed by atoms with Crippen molar-refractivity contribution in [3.05, 3.63) is 83.4 Å². The van der Waals surface area contributed by atoms with Crippen LogP contribution in [0.4, 0.5) is 8.78 Å². The van der Waals surface area contributed by atoms with Crippen LogP contribution in [0.2, 0.25) is 0 Å². The number of carbonyl (C=O) groups is 1. The van der Waals surface area contributed by atoms with Crippen molar-refractivity contribution in [3.63, 3.8) is 0 Å². The van der Waals surface area contributed by atoms with E-state index in [2.05, 4.69) is 43.8 Å². The minimum atomic E-state index is -2.10. The van der Waals surface area contributed by atoms with Crippen LogP contribution in [0.25, 0.3) is 11.6 Å². The Morgan fingerprint density at radius 2 is 1.71 bits per heavy atom. The van der Waals surface area contributed by atoms with Gasteiger partial charge in [-0.05, 0) is 42.2 Å². The molecule has 28 heavy (non-hydrogen) atoms. The maximum Gasteiger partial charge on any atom is 0.238 e. The molecule has 0 bridgehead atoms. The standard InChI is InChI=1S/C12H12O.C9H10.C4H8F2.H2/c1-8-7-12(13)9(2)11-6-4-3-5-10(8)11;1-3-9-6-4-8(2)5-7-9;1-2-3-4(5)6;/h3-7,9H,1-2H3;3-7H,1H2,2H3;4H,2-3H2,1H3;1H. The highest BCUT2D eigenvalue weighted by Gasteiger charge is 2.21. The van der Waals surface area contributed by atoms with Crippen molar-refractivity contribution in [2.75, 3.05) is 0 Å².